The summed E-state index contributed by atoms with van der Waals surface area (Å²) in [5.74, 6) is 2.04. The highest BCUT2D eigenvalue weighted by atomic mass is 16.2. The Morgan fingerprint density at radius 1 is 1.16 bits per heavy atom. The van der Waals surface area contributed by atoms with E-state index < -0.39 is 0 Å². The van der Waals surface area contributed by atoms with E-state index in [0.717, 1.165) is 50.3 Å². The predicted octanol–water partition coefficient (Wildman–Crippen LogP) is 3.30. The van der Waals surface area contributed by atoms with Crippen LogP contribution in [-0.2, 0) is 24.2 Å². The lowest BCUT2D eigenvalue weighted by atomic mass is 9.82. The van der Waals surface area contributed by atoms with Crippen LogP contribution in [0.3, 0.4) is 0 Å². The van der Waals surface area contributed by atoms with Gasteiger partial charge in [-0.25, -0.2) is 0 Å². The molecular weight excluding hydrogens is 312 g/mol. The highest BCUT2D eigenvalue weighted by Gasteiger charge is 2.28. The molecule has 2 aromatic rings. The van der Waals surface area contributed by atoms with E-state index in [1.165, 1.54) is 24.0 Å². The van der Waals surface area contributed by atoms with Gasteiger partial charge in [-0.05, 0) is 50.2 Å². The van der Waals surface area contributed by atoms with Crippen LogP contribution in [0.2, 0.25) is 0 Å². The number of carbonyl (C=O) groups excluding carboxylic acids is 1. The smallest absolute Gasteiger partial charge is 0.228 e. The van der Waals surface area contributed by atoms with Crippen molar-refractivity contribution in [3.63, 3.8) is 0 Å². The molecule has 4 rings (SSSR count). The zero-order valence-electron chi connectivity index (χ0n) is 14.9. The molecule has 1 aliphatic carbocycles. The fraction of sp³-hybridized carbons (Fsp3) is 0.550. The third-order valence-electron chi connectivity index (χ3n) is 5.57. The van der Waals surface area contributed by atoms with Crippen LogP contribution in [0.1, 0.15) is 73.8 Å². The quantitative estimate of drug-likeness (QED) is 0.934. The number of aryl methyl sites for hydroxylation is 2. The predicted molar refractivity (Wildman–Crippen MR) is 96.3 cm³/mol. The number of nitrogens with one attached hydrogen (secondary N) is 1. The molecule has 1 aromatic heterocycles. The molecule has 1 aliphatic heterocycles. The third-order valence-corrected chi connectivity index (χ3v) is 5.57. The van der Waals surface area contributed by atoms with Gasteiger partial charge >= 0.3 is 0 Å². The maximum absolute atomic E-state index is 12.9. The molecule has 5 heteroatoms. The molecule has 25 heavy (non-hydrogen) atoms. The standard InChI is InChI=1S/C20H26N4O/c1-14(19-23-22-18-12-3-2-6-13-24(18)19)21-20(25)17-11-7-9-15-8-4-5-10-16(15)17/h4-5,8,10,14,17H,2-3,6-7,9,11-13H2,1H3,(H,21,25)/t14-,17-/m0/s1. The van der Waals surface area contributed by atoms with Crippen molar-refractivity contribution in [2.45, 2.75) is 70.4 Å². The zero-order chi connectivity index (χ0) is 17.2. The second-order valence-corrected chi connectivity index (χ2v) is 7.31. The topological polar surface area (TPSA) is 59.8 Å². The first kappa shape index (κ1) is 16.3. The van der Waals surface area contributed by atoms with Crippen molar-refractivity contribution in [3.05, 3.63) is 47.0 Å². The van der Waals surface area contributed by atoms with Gasteiger partial charge in [-0.2, -0.15) is 0 Å². The Kier molecular flexibility index (Phi) is 4.55. The molecule has 5 nitrogen and oxygen atoms in total. The minimum atomic E-state index is -0.110. The van der Waals surface area contributed by atoms with Crippen molar-refractivity contribution in [1.82, 2.24) is 20.1 Å². The Labute approximate surface area is 148 Å². The number of benzene rings is 1. The molecule has 0 fully saturated rings. The van der Waals surface area contributed by atoms with Gasteiger partial charge in [0.25, 0.3) is 0 Å². The molecule has 1 N–H and O–H groups in total. The summed E-state index contributed by atoms with van der Waals surface area (Å²) in [6.07, 6.45) is 7.64. The summed E-state index contributed by atoms with van der Waals surface area (Å²) in [5, 5.41) is 11.9. The van der Waals surface area contributed by atoms with Gasteiger partial charge < -0.3 is 9.88 Å². The van der Waals surface area contributed by atoms with Gasteiger partial charge in [-0.15, -0.1) is 10.2 Å². The van der Waals surface area contributed by atoms with E-state index in [4.69, 9.17) is 0 Å². The molecule has 0 saturated carbocycles. The summed E-state index contributed by atoms with van der Waals surface area (Å²) in [7, 11) is 0. The molecule has 2 heterocycles. The first-order chi connectivity index (χ1) is 12.2. The SMILES string of the molecule is C[C@H](NC(=O)[C@H]1CCCc2ccccc21)c1nnc2n1CCCCC2. The summed E-state index contributed by atoms with van der Waals surface area (Å²) in [6.45, 7) is 2.99. The lowest BCUT2D eigenvalue weighted by Gasteiger charge is -2.26. The van der Waals surface area contributed by atoms with E-state index in [2.05, 4.69) is 38.3 Å². The Hall–Kier alpha value is -2.17. The third kappa shape index (κ3) is 3.20. The van der Waals surface area contributed by atoms with Crippen LogP contribution in [0, 0.1) is 0 Å². The molecule has 1 aromatic carbocycles. The molecule has 0 bridgehead atoms. The molecular formula is C20H26N4O. The molecule has 1 amide bonds. The van der Waals surface area contributed by atoms with Crippen molar-refractivity contribution in [1.29, 1.82) is 0 Å². The highest BCUT2D eigenvalue weighted by molar-refractivity contribution is 5.84. The normalized spacial score (nSPS) is 20.9. The molecule has 0 radical (unpaired) electrons. The number of aromatic nitrogens is 3. The van der Waals surface area contributed by atoms with Crippen LogP contribution in [0.5, 0.6) is 0 Å². The fourth-order valence-electron chi connectivity index (χ4n) is 4.23. The lowest BCUT2D eigenvalue weighted by Crippen LogP contribution is -2.34. The number of fused-ring (bicyclic) bond motifs is 2. The molecule has 0 saturated heterocycles. The van der Waals surface area contributed by atoms with Gasteiger partial charge in [-0.1, -0.05) is 30.7 Å². The van der Waals surface area contributed by atoms with E-state index in [1.54, 1.807) is 0 Å². The first-order valence-electron chi connectivity index (χ1n) is 9.54. The van der Waals surface area contributed by atoms with Crippen molar-refractivity contribution in [2.75, 3.05) is 0 Å². The largest absolute Gasteiger partial charge is 0.346 e. The zero-order valence-corrected chi connectivity index (χ0v) is 14.9. The molecule has 0 unspecified atom stereocenters. The molecule has 2 atom stereocenters. The first-order valence-corrected chi connectivity index (χ1v) is 9.54. The summed E-state index contributed by atoms with van der Waals surface area (Å²) in [6, 6.07) is 8.24. The second kappa shape index (κ2) is 6.98. The van der Waals surface area contributed by atoms with E-state index in [0.29, 0.717) is 0 Å². The van der Waals surface area contributed by atoms with Crippen molar-refractivity contribution >= 4 is 5.91 Å². The number of rotatable bonds is 3. The molecule has 2 aliphatic rings. The maximum atomic E-state index is 12.9. The number of carbonyl (C=O) groups is 1. The minimum Gasteiger partial charge on any atom is -0.346 e. The highest BCUT2D eigenvalue weighted by Crippen LogP contribution is 2.32. The number of nitrogens with zero attached hydrogens (tertiary/aromatic N) is 3. The van der Waals surface area contributed by atoms with Crippen LogP contribution < -0.4 is 5.32 Å². The van der Waals surface area contributed by atoms with E-state index in [9.17, 15) is 4.79 Å². The van der Waals surface area contributed by atoms with Crippen LogP contribution >= 0.6 is 0 Å². The van der Waals surface area contributed by atoms with Crippen LogP contribution in [0.25, 0.3) is 0 Å². The second-order valence-electron chi connectivity index (χ2n) is 7.31. The van der Waals surface area contributed by atoms with Crippen LogP contribution in [0.4, 0.5) is 0 Å². The van der Waals surface area contributed by atoms with Gasteiger partial charge in [0.05, 0.1) is 12.0 Å². The van der Waals surface area contributed by atoms with E-state index in [1.807, 2.05) is 13.0 Å². The van der Waals surface area contributed by atoms with Crippen molar-refractivity contribution < 1.29 is 4.79 Å². The van der Waals surface area contributed by atoms with Gasteiger partial charge in [0.15, 0.2) is 5.82 Å². The van der Waals surface area contributed by atoms with Gasteiger partial charge in [-0.3, -0.25) is 4.79 Å². The Morgan fingerprint density at radius 2 is 2.04 bits per heavy atom. The van der Waals surface area contributed by atoms with Gasteiger partial charge in [0, 0.05) is 13.0 Å². The van der Waals surface area contributed by atoms with Crippen molar-refractivity contribution in [3.8, 4) is 0 Å². The Bertz CT molecular complexity index is 767. The number of amides is 1. The van der Waals surface area contributed by atoms with Gasteiger partial charge in [0.1, 0.15) is 5.82 Å². The monoisotopic (exact) mass is 338 g/mol. The Morgan fingerprint density at radius 3 is 2.96 bits per heavy atom. The van der Waals surface area contributed by atoms with Crippen LogP contribution in [0.15, 0.2) is 24.3 Å². The number of hydrogen-bond acceptors (Lipinski definition) is 3. The maximum Gasteiger partial charge on any atom is 0.228 e. The van der Waals surface area contributed by atoms with Crippen LogP contribution in [-0.4, -0.2) is 20.7 Å². The Balaban J connectivity index is 1.51. The van der Waals surface area contributed by atoms with E-state index >= 15 is 0 Å². The summed E-state index contributed by atoms with van der Waals surface area (Å²) in [5.41, 5.74) is 2.51. The fourth-order valence-corrected chi connectivity index (χ4v) is 4.23. The van der Waals surface area contributed by atoms with Gasteiger partial charge in [0.2, 0.25) is 5.91 Å². The average Bonchev–Trinajstić information content (AvgIpc) is 2.90. The minimum absolute atomic E-state index is 0.0427. The average molecular weight is 338 g/mol. The lowest BCUT2D eigenvalue weighted by molar-refractivity contribution is -0.123. The summed E-state index contributed by atoms with van der Waals surface area (Å²) < 4.78 is 2.22. The molecule has 0 spiro atoms. The summed E-state index contributed by atoms with van der Waals surface area (Å²) in [4.78, 5) is 12.9. The summed E-state index contributed by atoms with van der Waals surface area (Å²) >= 11 is 0. The van der Waals surface area contributed by atoms with E-state index in [-0.39, 0.29) is 17.9 Å². The molecule has 132 valence electrons. The number of hydrogen-bond donors (Lipinski definition) is 1. The van der Waals surface area contributed by atoms with Crippen molar-refractivity contribution in [2.24, 2.45) is 0 Å².